The van der Waals surface area contributed by atoms with Gasteiger partial charge in [0.1, 0.15) is 17.2 Å². The van der Waals surface area contributed by atoms with Crippen LogP contribution in [0.1, 0.15) is 46.3 Å². The molecule has 1 aliphatic heterocycles. The fourth-order valence-corrected chi connectivity index (χ4v) is 4.78. The van der Waals surface area contributed by atoms with Crippen molar-refractivity contribution in [2.45, 2.75) is 64.6 Å². The normalized spacial score (nSPS) is 17.8. The molecule has 0 amide bonds. The number of aromatic nitrogens is 4. The van der Waals surface area contributed by atoms with E-state index in [1.165, 1.54) is 0 Å². The molecule has 0 radical (unpaired) electrons. The Morgan fingerprint density at radius 1 is 1.06 bits per heavy atom. The van der Waals surface area contributed by atoms with E-state index in [-0.39, 0.29) is 11.1 Å². The lowest BCUT2D eigenvalue weighted by molar-refractivity contribution is 0.160. The van der Waals surface area contributed by atoms with Crippen LogP contribution in [0.15, 0.2) is 35.0 Å². The molecule has 1 fully saturated rings. The lowest BCUT2D eigenvalue weighted by atomic mass is 9.79. The molecule has 8 heteroatoms. The number of aryl methyl sites for hydroxylation is 1. The summed E-state index contributed by atoms with van der Waals surface area (Å²) in [5.41, 5.74) is 2.40. The molecule has 8 nitrogen and oxygen atoms in total. The van der Waals surface area contributed by atoms with E-state index >= 15 is 0 Å². The number of nitrogens with zero attached hydrogens (tertiary/aromatic N) is 5. The summed E-state index contributed by atoms with van der Waals surface area (Å²) >= 11 is 0. The molecule has 0 atom stereocenters. The first kappa shape index (κ1) is 22.2. The standard InChI is InChI=1S/C24H32N6O2/c1-15-13-25-21(32-15)16-8-9-18(20(10-16)31-7)19-14-26-22(28-27-19)30(6)17-11-23(2,3)29-24(4,5)12-17/h8-10,13-14,17,29H,11-12H2,1-7H3. The SMILES string of the molecule is COc1cc(-c2ncc(C)o2)ccc1-c1cnc(N(C)C2CC(C)(C)NC(C)(C)C2)nn1. The van der Waals surface area contributed by atoms with E-state index in [0.717, 1.165) is 29.7 Å². The highest BCUT2D eigenvalue weighted by Crippen LogP contribution is 2.34. The third-order valence-corrected chi connectivity index (χ3v) is 5.93. The number of hydrogen-bond acceptors (Lipinski definition) is 8. The zero-order valence-electron chi connectivity index (χ0n) is 19.9. The lowest BCUT2D eigenvalue weighted by Crippen LogP contribution is -2.62. The molecular weight excluding hydrogens is 404 g/mol. The summed E-state index contributed by atoms with van der Waals surface area (Å²) in [7, 11) is 3.68. The van der Waals surface area contributed by atoms with Gasteiger partial charge in [-0.05, 0) is 65.7 Å². The van der Waals surface area contributed by atoms with Gasteiger partial charge in [0.15, 0.2) is 0 Å². The summed E-state index contributed by atoms with van der Waals surface area (Å²) < 4.78 is 11.2. The third kappa shape index (κ3) is 4.60. The highest BCUT2D eigenvalue weighted by molar-refractivity contribution is 5.71. The first-order chi connectivity index (χ1) is 15.1. The van der Waals surface area contributed by atoms with Crippen LogP contribution in [-0.4, -0.2) is 51.4 Å². The van der Waals surface area contributed by atoms with Gasteiger partial charge in [-0.3, -0.25) is 0 Å². The number of rotatable bonds is 5. The zero-order chi connectivity index (χ0) is 23.1. The van der Waals surface area contributed by atoms with Crippen LogP contribution in [0.5, 0.6) is 5.75 Å². The second-order valence-electron chi connectivity index (χ2n) is 9.90. The molecule has 170 valence electrons. The van der Waals surface area contributed by atoms with Gasteiger partial charge in [0.05, 0.1) is 19.5 Å². The molecule has 3 heterocycles. The Balaban J connectivity index is 1.57. The summed E-state index contributed by atoms with van der Waals surface area (Å²) in [6.07, 6.45) is 5.47. The van der Waals surface area contributed by atoms with Crippen molar-refractivity contribution in [3.63, 3.8) is 0 Å². The summed E-state index contributed by atoms with van der Waals surface area (Å²) in [4.78, 5) is 11.1. The maximum absolute atomic E-state index is 5.63. The van der Waals surface area contributed by atoms with Crippen LogP contribution in [0.2, 0.25) is 0 Å². The number of hydrogen-bond donors (Lipinski definition) is 1. The molecular formula is C24H32N6O2. The van der Waals surface area contributed by atoms with Crippen LogP contribution in [0.4, 0.5) is 5.95 Å². The summed E-state index contributed by atoms with van der Waals surface area (Å²) in [6.45, 7) is 10.8. The van der Waals surface area contributed by atoms with Crippen LogP contribution in [0, 0.1) is 6.92 Å². The van der Waals surface area contributed by atoms with E-state index in [2.05, 4.69) is 58.1 Å². The lowest BCUT2D eigenvalue weighted by Gasteiger charge is -2.48. The van der Waals surface area contributed by atoms with Gasteiger partial charge in [-0.1, -0.05) is 0 Å². The molecule has 3 aromatic rings. The van der Waals surface area contributed by atoms with Crippen molar-refractivity contribution < 1.29 is 9.15 Å². The summed E-state index contributed by atoms with van der Waals surface area (Å²) in [6, 6.07) is 6.08. The van der Waals surface area contributed by atoms with E-state index in [9.17, 15) is 0 Å². The van der Waals surface area contributed by atoms with Gasteiger partial charge in [0.25, 0.3) is 0 Å². The van der Waals surface area contributed by atoms with Crippen LogP contribution in [0.25, 0.3) is 22.7 Å². The average molecular weight is 437 g/mol. The van der Waals surface area contributed by atoms with E-state index in [0.29, 0.717) is 29.3 Å². The summed E-state index contributed by atoms with van der Waals surface area (Å²) in [5, 5.41) is 12.6. The largest absolute Gasteiger partial charge is 0.496 e. The van der Waals surface area contributed by atoms with Gasteiger partial charge < -0.3 is 19.4 Å². The number of anilines is 1. The molecule has 0 aliphatic carbocycles. The van der Waals surface area contributed by atoms with Crippen molar-refractivity contribution >= 4 is 5.95 Å². The average Bonchev–Trinajstić information content (AvgIpc) is 3.17. The second kappa shape index (κ2) is 8.16. The Bertz CT molecular complexity index is 1070. The molecule has 32 heavy (non-hydrogen) atoms. The van der Waals surface area contributed by atoms with Gasteiger partial charge >= 0.3 is 0 Å². The van der Waals surface area contributed by atoms with Crippen LogP contribution in [-0.2, 0) is 0 Å². The van der Waals surface area contributed by atoms with Crippen LogP contribution < -0.4 is 15.0 Å². The fraction of sp³-hybridized carbons (Fsp3) is 0.500. The Morgan fingerprint density at radius 2 is 1.78 bits per heavy atom. The molecule has 0 spiro atoms. The molecule has 0 bridgehead atoms. The molecule has 1 saturated heterocycles. The minimum absolute atomic E-state index is 0.0462. The number of methoxy groups -OCH3 is 1. The third-order valence-electron chi connectivity index (χ3n) is 5.93. The number of ether oxygens (including phenoxy) is 1. The van der Waals surface area contributed by atoms with Crippen molar-refractivity contribution in [1.82, 2.24) is 25.5 Å². The number of nitrogens with one attached hydrogen (secondary N) is 1. The van der Waals surface area contributed by atoms with Crippen molar-refractivity contribution in [1.29, 1.82) is 0 Å². The van der Waals surface area contributed by atoms with Crippen LogP contribution >= 0.6 is 0 Å². The number of piperidine rings is 1. The van der Waals surface area contributed by atoms with Gasteiger partial charge in [-0.15, -0.1) is 10.2 Å². The molecule has 2 aromatic heterocycles. The molecule has 0 saturated carbocycles. The van der Waals surface area contributed by atoms with Crippen molar-refractivity contribution in [3.05, 3.63) is 36.4 Å². The maximum Gasteiger partial charge on any atom is 0.245 e. The topological polar surface area (TPSA) is 89.2 Å². The molecule has 1 aliphatic rings. The quantitative estimate of drug-likeness (QED) is 0.635. The van der Waals surface area contributed by atoms with Crippen molar-refractivity contribution in [2.75, 3.05) is 19.1 Å². The van der Waals surface area contributed by atoms with E-state index in [1.54, 1.807) is 19.5 Å². The predicted molar refractivity (Wildman–Crippen MR) is 125 cm³/mol. The van der Waals surface area contributed by atoms with Gasteiger partial charge in [-0.2, -0.15) is 0 Å². The van der Waals surface area contributed by atoms with E-state index < -0.39 is 0 Å². The smallest absolute Gasteiger partial charge is 0.245 e. The maximum atomic E-state index is 5.63. The van der Waals surface area contributed by atoms with Crippen molar-refractivity contribution in [3.8, 4) is 28.5 Å². The molecule has 1 N–H and O–H groups in total. The minimum atomic E-state index is 0.0462. The van der Waals surface area contributed by atoms with Gasteiger partial charge in [-0.25, -0.2) is 9.97 Å². The second-order valence-corrected chi connectivity index (χ2v) is 9.90. The molecule has 4 rings (SSSR count). The molecule has 0 unspecified atom stereocenters. The number of benzene rings is 1. The van der Waals surface area contributed by atoms with Crippen LogP contribution in [0.3, 0.4) is 0 Å². The first-order valence-corrected chi connectivity index (χ1v) is 10.9. The highest BCUT2D eigenvalue weighted by Gasteiger charge is 2.39. The van der Waals surface area contributed by atoms with E-state index in [1.807, 2.05) is 32.2 Å². The predicted octanol–water partition coefficient (Wildman–Crippen LogP) is 4.26. The Kier molecular flexibility index (Phi) is 5.67. The minimum Gasteiger partial charge on any atom is -0.496 e. The Morgan fingerprint density at radius 3 is 2.34 bits per heavy atom. The Hall–Kier alpha value is -3.00. The van der Waals surface area contributed by atoms with Crippen molar-refractivity contribution in [2.24, 2.45) is 0 Å². The highest BCUT2D eigenvalue weighted by atomic mass is 16.5. The van der Waals surface area contributed by atoms with Gasteiger partial charge in [0.2, 0.25) is 11.8 Å². The molecule has 1 aromatic carbocycles. The zero-order valence-corrected chi connectivity index (χ0v) is 19.9. The van der Waals surface area contributed by atoms with E-state index in [4.69, 9.17) is 9.15 Å². The Labute approximate surface area is 189 Å². The van der Waals surface area contributed by atoms with Gasteiger partial charge in [0, 0.05) is 35.3 Å². The fourth-order valence-electron chi connectivity index (χ4n) is 4.78. The first-order valence-electron chi connectivity index (χ1n) is 10.9. The summed E-state index contributed by atoms with van der Waals surface area (Å²) in [5.74, 6) is 2.61. The number of oxazole rings is 1. The monoisotopic (exact) mass is 436 g/mol.